The number of hydrogen-bond acceptors (Lipinski definition) is 7. The minimum absolute atomic E-state index is 0.0653. The van der Waals surface area contributed by atoms with Crippen molar-refractivity contribution >= 4 is 28.5 Å². The third kappa shape index (κ3) is 7.91. The van der Waals surface area contributed by atoms with Crippen LogP contribution in [0.15, 0.2) is 91.3 Å². The Morgan fingerprint density at radius 2 is 1.62 bits per heavy atom. The molecule has 3 aromatic carbocycles. The standard InChI is InChI=1S/C37H42N8O2/c38-24-28-4-6-29(7-5-28)26-45(32-3-1-16-41-25-32)37(46)31-13-14-34-33(23-31)42-35(15-10-27-8-11-30(12-9-27)36(39)40)44(34)18-2-17-43-19-21-47-22-20-43/h1,3-9,11-14,16,23,25H,2,10,15,17-22,24,26,38H2,(H3,39,40). The molecule has 47 heavy (non-hydrogen) atoms. The molecule has 1 amide bonds. The maximum atomic E-state index is 14.1. The second-order valence-electron chi connectivity index (χ2n) is 11.9. The normalized spacial score (nSPS) is 13.6. The maximum Gasteiger partial charge on any atom is 0.258 e. The number of aryl methyl sites for hydroxylation is 3. The molecule has 0 atom stereocenters. The molecule has 0 aliphatic carbocycles. The van der Waals surface area contributed by atoms with Gasteiger partial charge in [-0.25, -0.2) is 4.98 Å². The van der Waals surface area contributed by atoms with Crippen LogP contribution in [0.2, 0.25) is 0 Å². The third-order valence-electron chi connectivity index (χ3n) is 8.74. The third-order valence-corrected chi connectivity index (χ3v) is 8.74. The largest absolute Gasteiger partial charge is 0.384 e. The summed E-state index contributed by atoms with van der Waals surface area (Å²) >= 11 is 0. The van der Waals surface area contributed by atoms with Crippen LogP contribution < -0.4 is 16.4 Å². The highest BCUT2D eigenvalue weighted by atomic mass is 16.5. The van der Waals surface area contributed by atoms with E-state index >= 15 is 0 Å². The number of anilines is 1. The number of carbonyl (C=O) groups excluding carboxylic acids is 1. The molecule has 0 bridgehead atoms. The molecule has 5 aromatic rings. The summed E-state index contributed by atoms with van der Waals surface area (Å²) in [7, 11) is 0. The Morgan fingerprint density at radius 3 is 2.32 bits per heavy atom. The molecular formula is C37H42N8O2. The number of carbonyl (C=O) groups is 1. The monoisotopic (exact) mass is 630 g/mol. The summed E-state index contributed by atoms with van der Waals surface area (Å²) < 4.78 is 7.84. The van der Waals surface area contributed by atoms with Gasteiger partial charge in [-0.3, -0.25) is 20.1 Å². The fourth-order valence-corrected chi connectivity index (χ4v) is 6.05. The zero-order valence-electron chi connectivity index (χ0n) is 26.6. The summed E-state index contributed by atoms with van der Waals surface area (Å²) in [6.45, 7) is 6.20. The number of aromatic nitrogens is 3. The number of nitrogens with two attached hydrogens (primary N) is 2. The molecule has 0 spiro atoms. The van der Waals surface area contributed by atoms with Crippen LogP contribution in [0.4, 0.5) is 5.69 Å². The van der Waals surface area contributed by atoms with Gasteiger partial charge < -0.3 is 25.7 Å². The fraction of sp³-hybridized carbons (Fsp3) is 0.297. The van der Waals surface area contributed by atoms with Crippen molar-refractivity contribution in [1.82, 2.24) is 19.4 Å². The van der Waals surface area contributed by atoms with Crippen LogP contribution in [0.3, 0.4) is 0 Å². The number of rotatable bonds is 13. The van der Waals surface area contributed by atoms with Crippen LogP contribution in [0, 0.1) is 5.41 Å². The molecule has 1 aliphatic rings. The molecule has 1 saturated heterocycles. The topological polar surface area (TPSA) is 139 Å². The lowest BCUT2D eigenvalue weighted by Crippen LogP contribution is -2.37. The Hall–Kier alpha value is -4.90. The number of hydrogen-bond donors (Lipinski definition) is 3. The number of amidine groups is 1. The van der Waals surface area contributed by atoms with Gasteiger partial charge in [0.1, 0.15) is 11.7 Å². The minimum atomic E-state index is -0.114. The van der Waals surface area contributed by atoms with E-state index in [1.54, 1.807) is 17.3 Å². The number of nitrogens with zero attached hydrogens (tertiary/aromatic N) is 5. The van der Waals surface area contributed by atoms with E-state index in [1.165, 1.54) is 0 Å². The minimum Gasteiger partial charge on any atom is -0.384 e. The number of fused-ring (bicyclic) bond motifs is 1. The fourth-order valence-electron chi connectivity index (χ4n) is 6.05. The van der Waals surface area contributed by atoms with Crippen molar-refractivity contribution in [3.05, 3.63) is 125 Å². The molecular weight excluding hydrogens is 588 g/mol. The van der Waals surface area contributed by atoms with E-state index in [0.29, 0.717) is 24.2 Å². The van der Waals surface area contributed by atoms with Crippen LogP contribution >= 0.6 is 0 Å². The summed E-state index contributed by atoms with van der Waals surface area (Å²) in [4.78, 5) is 27.7. The second-order valence-corrected chi connectivity index (χ2v) is 11.9. The maximum absolute atomic E-state index is 14.1. The Bertz CT molecular complexity index is 1800. The van der Waals surface area contributed by atoms with Gasteiger partial charge in [0.15, 0.2) is 0 Å². The van der Waals surface area contributed by atoms with Crippen LogP contribution in [-0.4, -0.2) is 64.0 Å². The van der Waals surface area contributed by atoms with E-state index in [-0.39, 0.29) is 11.7 Å². The van der Waals surface area contributed by atoms with Crippen LogP contribution in [0.25, 0.3) is 11.0 Å². The van der Waals surface area contributed by atoms with E-state index < -0.39 is 0 Å². The van der Waals surface area contributed by atoms with Gasteiger partial charge in [-0.15, -0.1) is 0 Å². The van der Waals surface area contributed by atoms with Crippen molar-refractivity contribution < 1.29 is 9.53 Å². The van der Waals surface area contributed by atoms with E-state index in [4.69, 9.17) is 26.6 Å². The lowest BCUT2D eigenvalue weighted by Gasteiger charge is -2.26. The van der Waals surface area contributed by atoms with Crippen LogP contribution in [0.1, 0.15) is 44.9 Å². The lowest BCUT2D eigenvalue weighted by atomic mass is 10.1. The molecule has 0 unspecified atom stereocenters. The van der Waals surface area contributed by atoms with Crippen molar-refractivity contribution in [2.24, 2.45) is 11.5 Å². The number of ether oxygens (including phenoxy) is 1. The van der Waals surface area contributed by atoms with Crippen molar-refractivity contribution in [2.75, 3.05) is 37.7 Å². The van der Waals surface area contributed by atoms with Gasteiger partial charge in [-0.1, -0.05) is 48.5 Å². The van der Waals surface area contributed by atoms with Gasteiger partial charge in [0.25, 0.3) is 5.91 Å². The number of nitrogens with one attached hydrogen (secondary N) is 1. The predicted molar refractivity (Wildman–Crippen MR) is 186 cm³/mol. The molecule has 0 saturated carbocycles. The summed E-state index contributed by atoms with van der Waals surface area (Å²) in [5, 5.41) is 7.68. The van der Waals surface area contributed by atoms with Gasteiger partial charge in [-0.05, 0) is 59.9 Å². The summed E-state index contributed by atoms with van der Waals surface area (Å²) in [6.07, 6.45) is 5.96. The zero-order chi connectivity index (χ0) is 32.6. The van der Waals surface area contributed by atoms with Crippen LogP contribution in [-0.2, 0) is 37.2 Å². The molecule has 242 valence electrons. The first-order valence-corrected chi connectivity index (χ1v) is 16.2. The van der Waals surface area contributed by atoms with Gasteiger partial charge in [0, 0.05) is 56.5 Å². The van der Waals surface area contributed by atoms with Crippen molar-refractivity contribution in [3.8, 4) is 0 Å². The molecule has 10 heteroatoms. The molecule has 10 nitrogen and oxygen atoms in total. The Labute approximate surface area is 275 Å². The van der Waals surface area contributed by atoms with Crippen molar-refractivity contribution in [3.63, 3.8) is 0 Å². The first kappa shape index (κ1) is 32.1. The first-order chi connectivity index (χ1) is 23.0. The Kier molecular flexibility index (Phi) is 10.3. The highest BCUT2D eigenvalue weighted by molar-refractivity contribution is 6.07. The zero-order valence-corrected chi connectivity index (χ0v) is 26.6. The smallest absolute Gasteiger partial charge is 0.258 e. The molecule has 1 fully saturated rings. The molecule has 6 rings (SSSR count). The molecule has 1 aliphatic heterocycles. The molecule has 5 N–H and O–H groups in total. The van der Waals surface area contributed by atoms with E-state index in [9.17, 15) is 4.79 Å². The van der Waals surface area contributed by atoms with E-state index in [1.807, 2.05) is 78.9 Å². The molecule has 3 heterocycles. The number of nitrogen functional groups attached to an aromatic ring is 1. The lowest BCUT2D eigenvalue weighted by molar-refractivity contribution is 0.0369. The average Bonchev–Trinajstić information content (AvgIpc) is 3.47. The number of imidazole rings is 1. The van der Waals surface area contributed by atoms with E-state index in [2.05, 4.69) is 14.5 Å². The first-order valence-electron chi connectivity index (χ1n) is 16.2. The van der Waals surface area contributed by atoms with Gasteiger partial charge in [-0.2, -0.15) is 0 Å². The molecule has 2 aromatic heterocycles. The number of amides is 1. The SMILES string of the molecule is N=C(N)c1ccc(CCc2nc3cc(C(=O)N(Cc4ccc(CN)cc4)c4cccnc4)ccc3n2CCCN2CCOCC2)cc1. The highest BCUT2D eigenvalue weighted by Crippen LogP contribution is 2.24. The quantitative estimate of drug-likeness (QED) is 0.128. The van der Waals surface area contributed by atoms with Gasteiger partial charge in [0.2, 0.25) is 0 Å². The average molecular weight is 631 g/mol. The highest BCUT2D eigenvalue weighted by Gasteiger charge is 2.21. The Morgan fingerprint density at radius 1 is 0.894 bits per heavy atom. The summed E-state index contributed by atoms with van der Waals surface area (Å²) in [5.41, 5.74) is 18.5. The van der Waals surface area contributed by atoms with Crippen molar-refractivity contribution in [2.45, 2.75) is 38.9 Å². The second kappa shape index (κ2) is 15.1. The van der Waals surface area contributed by atoms with Gasteiger partial charge in [0.05, 0.1) is 42.7 Å². The Balaban J connectivity index is 1.27. The van der Waals surface area contributed by atoms with Crippen LogP contribution in [0.5, 0.6) is 0 Å². The predicted octanol–water partition coefficient (Wildman–Crippen LogP) is 4.53. The number of pyridine rings is 1. The summed E-state index contributed by atoms with van der Waals surface area (Å²) in [6, 6.07) is 25.5. The molecule has 0 radical (unpaired) electrons. The van der Waals surface area contributed by atoms with Crippen molar-refractivity contribution in [1.29, 1.82) is 5.41 Å². The summed E-state index contributed by atoms with van der Waals surface area (Å²) in [5.74, 6) is 0.943. The number of benzene rings is 3. The number of morpholine rings is 1. The van der Waals surface area contributed by atoms with Gasteiger partial charge >= 0.3 is 0 Å². The van der Waals surface area contributed by atoms with E-state index in [0.717, 1.165) is 97.9 Å².